The summed E-state index contributed by atoms with van der Waals surface area (Å²) in [5.41, 5.74) is 13.7. The summed E-state index contributed by atoms with van der Waals surface area (Å²) in [5.74, 6) is 1.20. The molecule has 0 bridgehead atoms. The molecule has 0 amide bonds. The predicted octanol–water partition coefficient (Wildman–Crippen LogP) is 1.82. The molecule has 0 saturated heterocycles. The van der Waals surface area contributed by atoms with Gasteiger partial charge in [0.15, 0.2) is 0 Å². The first-order valence-corrected chi connectivity index (χ1v) is 5.89. The van der Waals surface area contributed by atoms with Gasteiger partial charge in [-0.05, 0) is 17.5 Å². The third kappa shape index (κ3) is 2.88. The molecular formula is C13H17N5. The van der Waals surface area contributed by atoms with E-state index in [4.69, 9.17) is 11.5 Å². The van der Waals surface area contributed by atoms with Gasteiger partial charge in [-0.25, -0.2) is 0 Å². The molecule has 0 fully saturated rings. The van der Waals surface area contributed by atoms with E-state index < -0.39 is 0 Å². The molecule has 94 valence electrons. The summed E-state index contributed by atoms with van der Waals surface area (Å²) in [5, 5.41) is 3.21. The number of nitrogens with one attached hydrogen (secondary N) is 1. The fraction of sp³-hybridized carbons (Fsp3) is 0.231. The van der Waals surface area contributed by atoms with Crippen LogP contribution >= 0.6 is 0 Å². The van der Waals surface area contributed by atoms with E-state index in [9.17, 15) is 0 Å². The summed E-state index contributed by atoms with van der Waals surface area (Å²) in [6.45, 7) is 2.83. The molecule has 0 aliphatic rings. The Morgan fingerprint density at radius 2 is 1.83 bits per heavy atom. The van der Waals surface area contributed by atoms with Gasteiger partial charge in [0.25, 0.3) is 0 Å². The van der Waals surface area contributed by atoms with Crippen LogP contribution in [0.3, 0.4) is 0 Å². The lowest BCUT2D eigenvalue weighted by atomic mass is 10.1. The lowest BCUT2D eigenvalue weighted by molar-refractivity contribution is 1.03. The van der Waals surface area contributed by atoms with Crippen molar-refractivity contribution in [3.63, 3.8) is 0 Å². The van der Waals surface area contributed by atoms with Crippen molar-refractivity contribution in [2.45, 2.75) is 19.9 Å². The lowest BCUT2D eigenvalue weighted by Crippen LogP contribution is -2.07. The highest BCUT2D eigenvalue weighted by Gasteiger charge is 2.02. The summed E-state index contributed by atoms with van der Waals surface area (Å²) >= 11 is 0. The van der Waals surface area contributed by atoms with Crippen LogP contribution in [0.5, 0.6) is 0 Å². The van der Waals surface area contributed by atoms with Crippen molar-refractivity contribution in [3.05, 3.63) is 41.5 Å². The van der Waals surface area contributed by atoms with E-state index in [-0.39, 0.29) is 5.95 Å². The first-order valence-electron chi connectivity index (χ1n) is 5.89. The molecule has 0 aliphatic heterocycles. The van der Waals surface area contributed by atoms with Gasteiger partial charge in [-0.2, -0.15) is 9.97 Å². The molecule has 2 aromatic rings. The third-order valence-corrected chi connectivity index (χ3v) is 2.72. The molecule has 18 heavy (non-hydrogen) atoms. The molecule has 5 N–H and O–H groups in total. The van der Waals surface area contributed by atoms with Crippen molar-refractivity contribution in [1.29, 1.82) is 0 Å². The van der Waals surface area contributed by atoms with Crippen molar-refractivity contribution < 1.29 is 0 Å². The van der Waals surface area contributed by atoms with E-state index in [0.717, 1.165) is 6.42 Å². The van der Waals surface area contributed by atoms with Gasteiger partial charge in [0.05, 0.1) is 0 Å². The Labute approximate surface area is 106 Å². The highest BCUT2D eigenvalue weighted by Crippen LogP contribution is 2.14. The lowest BCUT2D eigenvalue weighted by Gasteiger charge is -2.10. The number of nitrogens with zero attached hydrogens (tertiary/aromatic N) is 2. The summed E-state index contributed by atoms with van der Waals surface area (Å²) in [6.07, 6.45) is 1.01. The predicted molar refractivity (Wildman–Crippen MR) is 74.0 cm³/mol. The van der Waals surface area contributed by atoms with Gasteiger partial charge >= 0.3 is 0 Å². The number of hydrogen-bond acceptors (Lipinski definition) is 5. The molecule has 0 unspecified atom stereocenters. The van der Waals surface area contributed by atoms with Crippen molar-refractivity contribution >= 4 is 17.6 Å². The first-order chi connectivity index (χ1) is 8.69. The quantitative estimate of drug-likeness (QED) is 0.762. The molecule has 0 aliphatic carbocycles. The van der Waals surface area contributed by atoms with Gasteiger partial charge in [0, 0.05) is 12.6 Å². The average molecular weight is 243 g/mol. The largest absolute Gasteiger partial charge is 0.383 e. The summed E-state index contributed by atoms with van der Waals surface area (Å²) < 4.78 is 0. The number of nitrogen functional groups attached to an aromatic ring is 2. The van der Waals surface area contributed by atoms with Gasteiger partial charge in [-0.1, -0.05) is 31.2 Å². The van der Waals surface area contributed by atoms with Crippen molar-refractivity contribution in [3.8, 4) is 0 Å². The SMILES string of the molecule is CCc1ccccc1CNc1cc(N)nc(N)n1. The zero-order valence-electron chi connectivity index (χ0n) is 10.4. The van der Waals surface area contributed by atoms with Gasteiger partial charge in [0.1, 0.15) is 11.6 Å². The summed E-state index contributed by atoms with van der Waals surface area (Å²) in [6, 6.07) is 9.96. The maximum atomic E-state index is 5.61. The van der Waals surface area contributed by atoms with Crippen molar-refractivity contribution in [2.75, 3.05) is 16.8 Å². The third-order valence-electron chi connectivity index (χ3n) is 2.72. The Bertz CT molecular complexity index is 518. The van der Waals surface area contributed by atoms with Crippen molar-refractivity contribution in [2.24, 2.45) is 0 Å². The Morgan fingerprint density at radius 1 is 1.11 bits per heavy atom. The van der Waals surface area contributed by atoms with Crippen LogP contribution in [0.15, 0.2) is 30.3 Å². The van der Waals surface area contributed by atoms with Crippen LogP contribution in [0.1, 0.15) is 18.1 Å². The molecular weight excluding hydrogens is 226 g/mol. The Kier molecular flexibility index (Phi) is 3.62. The number of hydrogen-bond donors (Lipinski definition) is 3. The summed E-state index contributed by atoms with van der Waals surface area (Å²) in [7, 11) is 0. The van der Waals surface area contributed by atoms with E-state index in [0.29, 0.717) is 18.2 Å². The number of nitrogens with two attached hydrogens (primary N) is 2. The molecule has 0 saturated carbocycles. The van der Waals surface area contributed by atoms with Crippen LogP contribution in [0.2, 0.25) is 0 Å². The smallest absolute Gasteiger partial charge is 0.223 e. The highest BCUT2D eigenvalue weighted by atomic mass is 15.1. The topological polar surface area (TPSA) is 89.8 Å². The van der Waals surface area contributed by atoms with E-state index in [1.54, 1.807) is 6.07 Å². The van der Waals surface area contributed by atoms with E-state index in [1.807, 2.05) is 12.1 Å². The normalized spacial score (nSPS) is 10.3. The second-order valence-corrected chi connectivity index (χ2v) is 4.01. The molecule has 0 atom stereocenters. The highest BCUT2D eigenvalue weighted by molar-refractivity contribution is 5.49. The Morgan fingerprint density at radius 3 is 2.50 bits per heavy atom. The zero-order chi connectivity index (χ0) is 13.0. The minimum Gasteiger partial charge on any atom is -0.383 e. The van der Waals surface area contributed by atoms with Gasteiger partial charge in [0.2, 0.25) is 5.95 Å². The monoisotopic (exact) mass is 243 g/mol. The minimum absolute atomic E-state index is 0.182. The Hall–Kier alpha value is -2.30. The van der Waals surface area contributed by atoms with Crippen LogP contribution in [0.25, 0.3) is 0 Å². The standard InChI is InChI=1S/C13H17N5/c1-2-9-5-3-4-6-10(9)8-16-12-7-11(14)17-13(15)18-12/h3-7H,2,8H2,1H3,(H5,14,15,16,17,18). The van der Waals surface area contributed by atoms with Crippen LogP contribution < -0.4 is 16.8 Å². The molecule has 0 spiro atoms. The molecule has 0 radical (unpaired) electrons. The molecule has 2 rings (SSSR count). The molecule has 5 nitrogen and oxygen atoms in total. The summed E-state index contributed by atoms with van der Waals surface area (Å²) in [4.78, 5) is 7.91. The van der Waals surface area contributed by atoms with Gasteiger partial charge in [-0.3, -0.25) is 0 Å². The number of aromatic nitrogens is 2. The molecule has 1 aromatic heterocycles. The van der Waals surface area contributed by atoms with Crippen LogP contribution in [0, 0.1) is 0 Å². The maximum absolute atomic E-state index is 5.61. The van der Waals surface area contributed by atoms with Crippen LogP contribution in [0.4, 0.5) is 17.6 Å². The maximum Gasteiger partial charge on any atom is 0.223 e. The second-order valence-electron chi connectivity index (χ2n) is 4.01. The molecule has 5 heteroatoms. The molecule has 1 heterocycles. The first kappa shape index (κ1) is 12.2. The number of anilines is 3. The van der Waals surface area contributed by atoms with Crippen LogP contribution in [-0.2, 0) is 13.0 Å². The fourth-order valence-corrected chi connectivity index (χ4v) is 1.84. The van der Waals surface area contributed by atoms with Crippen LogP contribution in [-0.4, -0.2) is 9.97 Å². The van der Waals surface area contributed by atoms with Gasteiger partial charge < -0.3 is 16.8 Å². The number of aryl methyl sites for hydroxylation is 1. The van der Waals surface area contributed by atoms with Gasteiger partial charge in [-0.15, -0.1) is 0 Å². The molecule has 1 aromatic carbocycles. The number of benzene rings is 1. The second kappa shape index (κ2) is 5.35. The van der Waals surface area contributed by atoms with E-state index in [1.165, 1.54) is 11.1 Å². The van der Waals surface area contributed by atoms with E-state index >= 15 is 0 Å². The van der Waals surface area contributed by atoms with Crippen molar-refractivity contribution in [1.82, 2.24) is 9.97 Å². The van der Waals surface area contributed by atoms with E-state index in [2.05, 4.69) is 34.3 Å². The Balaban J connectivity index is 2.11. The fourth-order valence-electron chi connectivity index (χ4n) is 1.84. The zero-order valence-corrected chi connectivity index (χ0v) is 10.4. The average Bonchev–Trinajstić information content (AvgIpc) is 2.35. The minimum atomic E-state index is 0.182. The number of rotatable bonds is 4.